The summed E-state index contributed by atoms with van der Waals surface area (Å²) in [6, 6.07) is 4.36. The first-order chi connectivity index (χ1) is 10.2. The van der Waals surface area contributed by atoms with Gasteiger partial charge < -0.3 is 4.74 Å². The van der Waals surface area contributed by atoms with Crippen LogP contribution in [0.1, 0.15) is 25.8 Å². The number of nitrogens with one attached hydrogen (secondary N) is 1. The van der Waals surface area contributed by atoms with Crippen LogP contribution >= 0.6 is 0 Å². The second-order valence-corrected chi connectivity index (χ2v) is 8.22. The minimum Gasteiger partial charge on any atom is -0.492 e. The minimum absolute atomic E-state index is 0.0281. The Morgan fingerprint density at radius 3 is 2.41 bits per heavy atom. The van der Waals surface area contributed by atoms with Crippen molar-refractivity contribution >= 4 is 20.0 Å². The second kappa shape index (κ2) is 7.91. The molecule has 7 nitrogen and oxygen atoms in total. The zero-order valence-electron chi connectivity index (χ0n) is 12.7. The van der Waals surface area contributed by atoms with Gasteiger partial charge in [-0.15, -0.1) is 0 Å². The Kier molecular flexibility index (Phi) is 6.79. The topological polar surface area (TPSA) is 116 Å². The molecule has 0 heterocycles. The van der Waals surface area contributed by atoms with Gasteiger partial charge in [-0.25, -0.2) is 26.7 Å². The summed E-state index contributed by atoms with van der Waals surface area (Å²) in [7, 11) is -7.00. The molecule has 0 saturated carbocycles. The summed E-state index contributed by atoms with van der Waals surface area (Å²) < 4.78 is 53.5. The first kappa shape index (κ1) is 18.9. The lowest BCUT2D eigenvalue weighted by atomic mass is 10.1. The molecule has 0 unspecified atom stereocenters. The van der Waals surface area contributed by atoms with E-state index in [2.05, 4.69) is 4.72 Å². The van der Waals surface area contributed by atoms with E-state index in [9.17, 15) is 16.8 Å². The fraction of sp³-hybridized carbons (Fsp3) is 0.538. The average Bonchev–Trinajstić information content (AvgIpc) is 2.42. The normalized spacial score (nSPS) is 12.3. The number of rotatable bonds is 9. The van der Waals surface area contributed by atoms with E-state index in [-0.39, 0.29) is 23.8 Å². The van der Waals surface area contributed by atoms with E-state index in [0.29, 0.717) is 24.2 Å². The highest BCUT2D eigenvalue weighted by Crippen LogP contribution is 2.22. The Morgan fingerprint density at radius 1 is 1.18 bits per heavy atom. The van der Waals surface area contributed by atoms with Crippen molar-refractivity contribution in [1.29, 1.82) is 0 Å². The Labute approximate surface area is 132 Å². The molecule has 0 atom stereocenters. The smallest absolute Gasteiger partial charge is 0.238 e. The maximum Gasteiger partial charge on any atom is 0.238 e. The Bertz CT molecular complexity index is 699. The van der Waals surface area contributed by atoms with E-state index < -0.39 is 20.0 Å². The highest BCUT2D eigenvalue weighted by atomic mass is 32.2. The lowest BCUT2D eigenvalue weighted by Crippen LogP contribution is -2.30. The van der Waals surface area contributed by atoms with Crippen LogP contribution in [0.3, 0.4) is 0 Å². The molecule has 9 heteroatoms. The highest BCUT2D eigenvalue weighted by Gasteiger charge is 2.12. The fourth-order valence-corrected chi connectivity index (χ4v) is 3.49. The van der Waals surface area contributed by atoms with Gasteiger partial charge in [-0.1, -0.05) is 13.8 Å². The van der Waals surface area contributed by atoms with E-state index in [1.165, 1.54) is 18.2 Å². The SMILES string of the molecule is CCCS(=O)(=O)NCCOc1ccc(S(N)(=O)=O)cc1CC. The molecule has 3 N–H and O–H groups in total. The number of primary sulfonamides is 1. The number of hydrogen-bond acceptors (Lipinski definition) is 5. The second-order valence-electron chi connectivity index (χ2n) is 4.73. The largest absolute Gasteiger partial charge is 0.492 e. The monoisotopic (exact) mass is 350 g/mol. The van der Waals surface area contributed by atoms with Crippen LogP contribution < -0.4 is 14.6 Å². The molecule has 0 radical (unpaired) electrons. The third-order valence-electron chi connectivity index (χ3n) is 2.90. The van der Waals surface area contributed by atoms with Gasteiger partial charge >= 0.3 is 0 Å². The van der Waals surface area contributed by atoms with Crippen molar-refractivity contribution in [2.45, 2.75) is 31.6 Å². The van der Waals surface area contributed by atoms with Crippen molar-refractivity contribution in [3.05, 3.63) is 23.8 Å². The lowest BCUT2D eigenvalue weighted by molar-refractivity contribution is 0.319. The average molecular weight is 350 g/mol. The van der Waals surface area contributed by atoms with Gasteiger partial charge in [-0.2, -0.15) is 0 Å². The number of hydrogen-bond donors (Lipinski definition) is 2. The van der Waals surface area contributed by atoms with Crippen molar-refractivity contribution < 1.29 is 21.6 Å². The number of benzene rings is 1. The number of nitrogens with two attached hydrogens (primary N) is 1. The molecule has 0 aromatic heterocycles. The number of aryl methyl sites for hydroxylation is 1. The molecule has 0 aliphatic carbocycles. The molecule has 22 heavy (non-hydrogen) atoms. The maximum atomic E-state index is 11.5. The van der Waals surface area contributed by atoms with Crippen molar-refractivity contribution in [1.82, 2.24) is 4.72 Å². The molecule has 126 valence electrons. The summed E-state index contributed by atoms with van der Waals surface area (Å²) in [6.45, 7) is 3.96. The van der Waals surface area contributed by atoms with Crippen LogP contribution in [0.15, 0.2) is 23.1 Å². The zero-order valence-corrected chi connectivity index (χ0v) is 14.3. The minimum atomic E-state index is -3.75. The molecule has 0 fully saturated rings. The van der Waals surface area contributed by atoms with Crippen LogP contribution in [0.2, 0.25) is 0 Å². The van der Waals surface area contributed by atoms with Crippen LogP contribution in [0, 0.1) is 0 Å². The third kappa shape index (κ3) is 5.91. The molecule has 0 amide bonds. The predicted molar refractivity (Wildman–Crippen MR) is 84.8 cm³/mol. The van der Waals surface area contributed by atoms with Crippen molar-refractivity contribution in [2.24, 2.45) is 5.14 Å². The van der Waals surface area contributed by atoms with Crippen LogP contribution in [0.5, 0.6) is 5.75 Å². The first-order valence-electron chi connectivity index (χ1n) is 6.95. The Balaban J connectivity index is 2.67. The van der Waals surface area contributed by atoms with Crippen LogP contribution in [0.4, 0.5) is 0 Å². The zero-order chi connectivity index (χ0) is 16.8. The van der Waals surface area contributed by atoms with Crippen molar-refractivity contribution in [3.63, 3.8) is 0 Å². The molecule has 0 spiro atoms. The molecule has 1 aromatic carbocycles. The summed E-state index contributed by atoms with van der Waals surface area (Å²) in [4.78, 5) is 0.0281. The van der Waals surface area contributed by atoms with Crippen LogP contribution in [-0.4, -0.2) is 35.7 Å². The van der Waals surface area contributed by atoms with Gasteiger partial charge in [0.15, 0.2) is 0 Å². The van der Waals surface area contributed by atoms with Gasteiger partial charge in [-0.3, -0.25) is 0 Å². The molecule has 0 aliphatic rings. The summed E-state index contributed by atoms with van der Waals surface area (Å²) in [5.41, 5.74) is 0.697. The Morgan fingerprint density at radius 2 is 1.86 bits per heavy atom. The summed E-state index contributed by atoms with van der Waals surface area (Å²) in [6.07, 6.45) is 1.12. The maximum absolute atomic E-state index is 11.5. The molecule has 0 saturated heterocycles. The fourth-order valence-electron chi connectivity index (χ4n) is 1.85. The van der Waals surface area contributed by atoms with Crippen LogP contribution in [-0.2, 0) is 26.5 Å². The van der Waals surface area contributed by atoms with E-state index in [0.717, 1.165) is 0 Å². The van der Waals surface area contributed by atoms with Crippen LogP contribution in [0.25, 0.3) is 0 Å². The highest BCUT2D eigenvalue weighted by molar-refractivity contribution is 7.89. The van der Waals surface area contributed by atoms with Gasteiger partial charge in [0.05, 0.1) is 10.6 Å². The molecule has 1 rings (SSSR count). The molecule has 0 aliphatic heterocycles. The van der Waals surface area contributed by atoms with Gasteiger partial charge in [-0.05, 0) is 36.6 Å². The number of ether oxygens (including phenoxy) is 1. The van der Waals surface area contributed by atoms with Gasteiger partial charge in [0, 0.05) is 6.54 Å². The Hall–Kier alpha value is -1.16. The lowest BCUT2D eigenvalue weighted by Gasteiger charge is -2.12. The van der Waals surface area contributed by atoms with E-state index in [1.54, 1.807) is 6.92 Å². The summed E-state index contributed by atoms with van der Waals surface area (Å²) in [5.74, 6) is 0.598. The molecule has 1 aromatic rings. The van der Waals surface area contributed by atoms with Gasteiger partial charge in [0.1, 0.15) is 12.4 Å². The summed E-state index contributed by atoms with van der Waals surface area (Å²) >= 11 is 0. The van der Waals surface area contributed by atoms with Crippen molar-refractivity contribution in [3.8, 4) is 5.75 Å². The van der Waals surface area contributed by atoms with Gasteiger partial charge in [0.25, 0.3) is 0 Å². The van der Waals surface area contributed by atoms with E-state index in [4.69, 9.17) is 9.88 Å². The number of sulfonamides is 2. The standard InChI is InChI=1S/C13H22N2O5S2/c1-3-9-21(16,17)15-7-8-20-13-6-5-12(22(14,18)19)10-11(13)4-2/h5-6,10,15H,3-4,7-9H2,1-2H3,(H2,14,18,19). The molecular weight excluding hydrogens is 328 g/mol. The first-order valence-corrected chi connectivity index (χ1v) is 10.2. The quantitative estimate of drug-likeness (QED) is 0.633. The molecular formula is C13H22N2O5S2. The van der Waals surface area contributed by atoms with Gasteiger partial charge in [0.2, 0.25) is 20.0 Å². The van der Waals surface area contributed by atoms with Crippen molar-refractivity contribution in [2.75, 3.05) is 18.9 Å². The predicted octanol–water partition coefficient (Wildman–Crippen LogP) is 0.605. The van der Waals surface area contributed by atoms with E-state index in [1.807, 2.05) is 6.92 Å². The summed E-state index contributed by atoms with van der Waals surface area (Å²) in [5, 5.41) is 5.08. The third-order valence-corrected chi connectivity index (χ3v) is 5.40. The van der Waals surface area contributed by atoms with E-state index >= 15 is 0 Å². The molecule has 0 bridgehead atoms.